The van der Waals surface area contributed by atoms with Gasteiger partial charge in [0.2, 0.25) is 16.0 Å². The zero-order chi connectivity index (χ0) is 14.8. The van der Waals surface area contributed by atoms with E-state index in [2.05, 4.69) is 19.4 Å². The lowest BCUT2D eigenvalue weighted by Gasteiger charge is -2.18. The lowest BCUT2D eigenvalue weighted by Crippen LogP contribution is -2.35. The van der Waals surface area contributed by atoms with Crippen molar-refractivity contribution in [3.05, 3.63) is 17.4 Å². The number of aromatic nitrogens is 2. The SMILES string of the molecule is COC(=O)C1CCCC1S(=O)(=O)Nc1nccc(Cl)n1. The molecule has 1 saturated carbocycles. The van der Waals surface area contributed by atoms with E-state index in [9.17, 15) is 13.2 Å². The number of carbonyl (C=O) groups is 1. The van der Waals surface area contributed by atoms with E-state index in [1.54, 1.807) is 0 Å². The highest BCUT2D eigenvalue weighted by molar-refractivity contribution is 7.93. The van der Waals surface area contributed by atoms with E-state index in [-0.39, 0.29) is 11.1 Å². The summed E-state index contributed by atoms with van der Waals surface area (Å²) >= 11 is 5.67. The Kier molecular flexibility index (Phi) is 4.44. The predicted octanol–water partition coefficient (Wildman–Crippen LogP) is 1.21. The Morgan fingerprint density at radius 1 is 1.50 bits per heavy atom. The van der Waals surface area contributed by atoms with E-state index in [1.165, 1.54) is 19.4 Å². The van der Waals surface area contributed by atoms with Gasteiger partial charge in [-0.05, 0) is 18.9 Å². The van der Waals surface area contributed by atoms with Gasteiger partial charge in [0.25, 0.3) is 0 Å². The predicted molar refractivity (Wildman–Crippen MR) is 72.7 cm³/mol. The van der Waals surface area contributed by atoms with Gasteiger partial charge in [0.1, 0.15) is 5.15 Å². The summed E-state index contributed by atoms with van der Waals surface area (Å²) in [6.45, 7) is 0. The quantitative estimate of drug-likeness (QED) is 0.661. The topological polar surface area (TPSA) is 98.2 Å². The van der Waals surface area contributed by atoms with Crippen LogP contribution in [0.4, 0.5) is 5.95 Å². The van der Waals surface area contributed by atoms with Crippen LogP contribution in [-0.4, -0.2) is 36.7 Å². The molecule has 2 rings (SSSR count). The van der Waals surface area contributed by atoms with Crippen molar-refractivity contribution < 1.29 is 17.9 Å². The fraction of sp³-hybridized carbons (Fsp3) is 0.545. The van der Waals surface area contributed by atoms with Crippen LogP contribution in [0.5, 0.6) is 0 Å². The molecule has 20 heavy (non-hydrogen) atoms. The molecule has 0 aromatic carbocycles. The van der Waals surface area contributed by atoms with Gasteiger partial charge in [0.15, 0.2) is 0 Å². The Bertz CT molecular complexity index is 607. The van der Waals surface area contributed by atoms with Crippen LogP contribution >= 0.6 is 11.6 Å². The van der Waals surface area contributed by atoms with Gasteiger partial charge in [-0.1, -0.05) is 18.0 Å². The van der Waals surface area contributed by atoms with Gasteiger partial charge >= 0.3 is 5.97 Å². The largest absolute Gasteiger partial charge is 0.469 e. The minimum absolute atomic E-state index is 0.104. The molecule has 1 aromatic rings. The number of hydrogen-bond acceptors (Lipinski definition) is 6. The Morgan fingerprint density at radius 3 is 2.90 bits per heavy atom. The van der Waals surface area contributed by atoms with Crippen molar-refractivity contribution in [2.45, 2.75) is 24.5 Å². The van der Waals surface area contributed by atoms with Gasteiger partial charge in [-0.25, -0.2) is 18.4 Å². The molecular weight excluding hydrogens is 306 g/mol. The van der Waals surface area contributed by atoms with Crippen molar-refractivity contribution in [3.63, 3.8) is 0 Å². The summed E-state index contributed by atoms with van der Waals surface area (Å²) < 4.78 is 31.5. The molecule has 2 unspecified atom stereocenters. The third-order valence-corrected chi connectivity index (χ3v) is 5.25. The normalized spacial score (nSPS) is 22.5. The van der Waals surface area contributed by atoms with Crippen LogP contribution in [0.25, 0.3) is 0 Å². The van der Waals surface area contributed by atoms with E-state index in [0.717, 1.165) is 0 Å². The summed E-state index contributed by atoms with van der Waals surface area (Å²) in [6, 6.07) is 1.44. The molecule has 0 radical (unpaired) electrons. The molecule has 0 amide bonds. The molecule has 1 aliphatic carbocycles. The highest BCUT2D eigenvalue weighted by Gasteiger charge is 2.42. The first kappa shape index (κ1) is 15.0. The second kappa shape index (κ2) is 5.92. The minimum Gasteiger partial charge on any atom is -0.469 e. The Labute approximate surface area is 121 Å². The van der Waals surface area contributed by atoms with Gasteiger partial charge in [0, 0.05) is 6.20 Å². The van der Waals surface area contributed by atoms with E-state index in [0.29, 0.717) is 19.3 Å². The fourth-order valence-electron chi connectivity index (χ4n) is 2.31. The second-order valence-electron chi connectivity index (χ2n) is 4.45. The molecule has 1 aliphatic rings. The standard InChI is InChI=1S/C11H14ClN3O4S/c1-19-10(16)7-3-2-4-8(7)20(17,18)15-11-13-6-5-9(12)14-11/h5-8H,2-4H2,1H3,(H,13,14,15). The van der Waals surface area contributed by atoms with Crippen molar-refractivity contribution in [2.24, 2.45) is 5.92 Å². The number of ether oxygens (including phenoxy) is 1. The number of carbonyl (C=O) groups excluding carboxylic acids is 1. The number of methoxy groups -OCH3 is 1. The van der Waals surface area contributed by atoms with Crippen molar-refractivity contribution in [1.29, 1.82) is 0 Å². The van der Waals surface area contributed by atoms with Crippen LogP contribution in [0.2, 0.25) is 5.15 Å². The molecule has 1 N–H and O–H groups in total. The monoisotopic (exact) mass is 319 g/mol. The summed E-state index contributed by atoms with van der Waals surface area (Å²) in [5.74, 6) is -1.27. The molecule has 110 valence electrons. The van der Waals surface area contributed by atoms with Crippen LogP contribution < -0.4 is 4.72 Å². The average molecular weight is 320 g/mol. The molecule has 7 nitrogen and oxygen atoms in total. The maximum Gasteiger partial charge on any atom is 0.310 e. The summed E-state index contributed by atoms with van der Waals surface area (Å²) in [5.41, 5.74) is 0. The number of anilines is 1. The van der Waals surface area contributed by atoms with Crippen molar-refractivity contribution >= 4 is 33.5 Å². The van der Waals surface area contributed by atoms with Crippen molar-refractivity contribution in [3.8, 4) is 0 Å². The first-order valence-electron chi connectivity index (χ1n) is 6.02. The summed E-state index contributed by atoms with van der Waals surface area (Å²) in [4.78, 5) is 19.2. The fourth-order valence-corrected chi connectivity index (χ4v) is 4.10. The average Bonchev–Trinajstić information content (AvgIpc) is 2.87. The van der Waals surface area contributed by atoms with Gasteiger partial charge in [0.05, 0.1) is 18.3 Å². The van der Waals surface area contributed by atoms with Gasteiger partial charge in [-0.3, -0.25) is 9.52 Å². The molecule has 1 heterocycles. The molecule has 9 heteroatoms. The maximum atomic E-state index is 12.3. The first-order chi connectivity index (χ1) is 9.44. The molecule has 1 aromatic heterocycles. The van der Waals surface area contributed by atoms with E-state index in [4.69, 9.17) is 11.6 Å². The molecule has 2 atom stereocenters. The molecule has 0 saturated heterocycles. The van der Waals surface area contributed by atoms with E-state index in [1.807, 2.05) is 0 Å². The molecule has 1 fully saturated rings. The van der Waals surface area contributed by atoms with Crippen molar-refractivity contribution in [1.82, 2.24) is 9.97 Å². The summed E-state index contributed by atoms with van der Waals surface area (Å²) in [7, 11) is -2.52. The Balaban J connectivity index is 2.19. The molecule has 0 spiro atoms. The lowest BCUT2D eigenvalue weighted by molar-refractivity contribution is -0.145. The number of esters is 1. The highest BCUT2D eigenvalue weighted by Crippen LogP contribution is 2.32. The zero-order valence-electron chi connectivity index (χ0n) is 10.7. The Hall–Kier alpha value is -1.41. The Morgan fingerprint density at radius 2 is 2.25 bits per heavy atom. The molecule has 0 aliphatic heterocycles. The summed E-state index contributed by atoms with van der Waals surface area (Å²) in [5, 5.41) is -0.703. The van der Waals surface area contributed by atoms with E-state index >= 15 is 0 Å². The maximum absolute atomic E-state index is 12.3. The van der Waals surface area contributed by atoms with Crippen LogP contribution in [0.1, 0.15) is 19.3 Å². The second-order valence-corrected chi connectivity index (χ2v) is 6.74. The number of sulfonamides is 1. The third kappa shape index (κ3) is 3.18. The van der Waals surface area contributed by atoms with Gasteiger partial charge in [-0.2, -0.15) is 0 Å². The van der Waals surface area contributed by atoms with Gasteiger partial charge < -0.3 is 4.74 Å². The number of nitrogens with zero attached hydrogens (tertiary/aromatic N) is 2. The van der Waals surface area contributed by atoms with Gasteiger partial charge in [-0.15, -0.1) is 0 Å². The first-order valence-corrected chi connectivity index (χ1v) is 7.94. The number of rotatable bonds is 4. The molecular formula is C11H14ClN3O4S. The number of halogens is 1. The third-order valence-electron chi connectivity index (χ3n) is 3.21. The van der Waals surface area contributed by atoms with Crippen molar-refractivity contribution in [2.75, 3.05) is 11.8 Å². The van der Waals surface area contributed by atoms with Crippen LogP contribution in [0.3, 0.4) is 0 Å². The summed E-state index contributed by atoms with van der Waals surface area (Å²) in [6.07, 6.45) is 2.89. The number of hydrogen-bond donors (Lipinski definition) is 1. The molecule has 0 bridgehead atoms. The zero-order valence-corrected chi connectivity index (χ0v) is 12.3. The lowest BCUT2D eigenvalue weighted by atomic mass is 10.1. The van der Waals surface area contributed by atoms with E-state index < -0.39 is 27.2 Å². The van der Waals surface area contributed by atoms with Crippen LogP contribution in [0, 0.1) is 5.92 Å². The van der Waals surface area contributed by atoms with Crippen LogP contribution in [-0.2, 0) is 19.6 Å². The number of nitrogens with one attached hydrogen (secondary N) is 1. The van der Waals surface area contributed by atoms with Crippen LogP contribution in [0.15, 0.2) is 12.3 Å². The smallest absolute Gasteiger partial charge is 0.310 e. The minimum atomic E-state index is -3.77. The highest BCUT2D eigenvalue weighted by atomic mass is 35.5.